The van der Waals surface area contributed by atoms with Crippen molar-refractivity contribution in [1.82, 2.24) is 0 Å². The summed E-state index contributed by atoms with van der Waals surface area (Å²) in [4.78, 5) is 2.21. The van der Waals surface area contributed by atoms with Crippen molar-refractivity contribution in [3.05, 3.63) is 29.6 Å². The summed E-state index contributed by atoms with van der Waals surface area (Å²) >= 11 is 0. The Morgan fingerprint density at radius 3 is 2.58 bits per heavy atom. The molecule has 0 saturated carbocycles. The second-order valence-electron chi connectivity index (χ2n) is 6.21. The first-order valence-electron chi connectivity index (χ1n) is 7.21. The first kappa shape index (κ1) is 14.3. The van der Waals surface area contributed by atoms with Gasteiger partial charge in [-0.05, 0) is 49.8 Å². The summed E-state index contributed by atoms with van der Waals surface area (Å²) < 4.78 is 14.3. The molecule has 0 bridgehead atoms. The van der Waals surface area contributed by atoms with Crippen LogP contribution in [0.15, 0.2) is 18.2 Å². The Hall–Kier alpha value is -1.09. The van der Waals surface area contributed by atoms with Gasteiger partial charge in [-0.3, -0.25) is 0 Å². The van der Waals surface area contributed by atoms with Gasteiger partial charge in [0.05, 0.1) is 5.69 Å². The van der Waals surface area contributed by atoms with Crippen molar-refractivity contribution in [2.75, 3.05) is 11.4 Å². The van der Waals surface area contributed by atoms with Gasteiger partial charge in [0.15, 0.2) is 0 Å². The quantitative estimate of drug-likeness (QED) is 0.882. The lowest BCUT2D eigenvalue weighted by Crippen LogP contribution is -2.46. The van der Waals surface area contributed by atoms with Crippen LogP contribution in [0.2, 0.25) is 0 Å². The first-order valence-corrected chi connectivity index (χ1v) is 7.21. The number of hydrogen-bond donors (Lipinski definition) is 1. The van der Waals surface area contributed by atoms with Crippen LogP contribution >= 0.6 is 0 Å². The monoisotopic (exact) mass is 264 g/mol. The second-order valence-corrected chi connectivity index (χ2v) is 6.21. The summed E-state index contributed by atoms with van der Waals surface area (Å²) in [6.07, 6.45) is 1.22. The highest BCUT2D eigenvalue weighted by Crippen LogP contribution is 2.33. The summed E-state index contributed by atoms with van der Waals surface area (Å²) in [6, 6.07) is 5.66. The Kier molecular flexibility index (Phi) is 4.14. The number of nitrogens with zero attached hydrogens (tertiary/aromatic N) is 1. The number of benzene rings is 1. The Morgan fingerprint density at radius 1 is 1.32 bits per heavy atom. The molecule has 19 heavy (non-hydrogen) atoms. The van der Waals surface area contributed by atoms with Gasteiger partial charge in [-0.15, -0.1) is 0 Å². The van der Waals surface area contributed by atoms with Crippen LogP contribution in [0.25, 0.3) is 0 Å². The maximum atomic E-state index is 14.3. The van der Waals surface area contributed by atoms with Crippen LogP contribution in [0.5, 0.6) is 0 Å². The molecule has 3 heteroatoms. The SMILES string of the molecule is CC1CC(C)C(C)N(c2ccc(C(C)N)cc2F)C1. The van der Waals surface area contributed by atoms with Gasteiger partial charge >= 0.3 is 0 Å². The van der Waals surface area contributed by atoms with Crippen LogP contribution < -0.4 is 10.6 Å². The summed E-state index contributed by atoms with van der Waals surface area (Å²) in [5.74, 6) is 1.05. The molecular weight excluding hydrogens is 239 g/mol. The van der Waals surface area contributed by atoms with Crippen LogP contribution in [0.4, 0.5) is 10.1 Å². The van der Waals surface area contributed by atoms with Crippen molar-refractivity contribution in [1.29, 1.82) is 0 Å². The van der Waals surface area contributed by atoms with E-state index in [9.17, 15) is 4.39 Å². The molecule has 0 radical (unpaired) electrons. The summed E-state index contributed by atoms with van der Waals surface area (Å²) in [5, 5.41) is 0. The van der Waals surface area contributed by atoms with Crippen LogP contribution in [-0.4, -0.2) is 12.6 Å². The number of piperidine rings is 1. The minimum Gasteiger partial charge on any atom is -0.366 e. The standard InChI is InChI=1S/C16H25FN2/c1-10-7-11(2)13(4)19(9-10)16-6-5-14(12(3)18)8-15(16)17/h5-6,8,10-13H,7,9,18H2,1-4H3. The molecule has 0 aromatic heterocycles. The summed E-state index contributed by atoms with van der Waals surface area (Å²) in [6.45, 7) is 9.49. The van der Waals surface area contributed by atoms with Gasteiger partial charge in [0.1, 0.15) is 5.82 Å². The van der Waals surface area contributed by atoms with E-state index in [0.29, 0.717) is 17.9 Å². The third-order valence-electron chi connectivity index (χ3n) is 4.40. The maximum Gasteiger partial charge on any atom is 0.146 e. The Balaban J connectivity index is 2.30. The van der Waals surface area contributed by atoms with E-state index < -0.39 is 0 Å². The Morgan fingerprint density at radius 2 is 2.00 bits per heavy atom. The number of nitrogens with two attached hydrogens (primary N) is 1. The molecule has 0 amide bonds. The van der Waals surface area contributed by atoms with E-state index in [4.69, 9.17) is 5.73 Å². The van der Waals surface area contributed by atoms with E-state index in [1.165, 1.54) is 6.42 Å². The lowest BCUT2D eigenvalue weighted by molar-refractivity contribution is 0.295. The maximum absolute atomic E-state index is 14.3. The van der Waals surface area contributed by atoms with Gasteiger partial charge in [0.2, 0.25) is 0 Å². The number of halogens is 1. The molecule has 1 aliphatic heterocycles. The first-order chi connectivity index (χ1) is 8.90. The van der Waals surface area contributed by atoms with Crippen LogP contribution in [0.3, 0.4) is 0 Å². The topological polar surface area (TPSA) is 29.3 Å². The minimum absolute atomic E-state index is 0.125. The van der Waals surface area contributed by atoms with E-state index in [1.807, 2.05) is 19.1 Å². The van der Waals surface area contributed by atoms with Gasteiger partial charge in [0.25, 0.3) is 0 Å². The van der Waals surface area contributed by atoms with Crippen molar-refractivity contribution >= 4 is 5.69 Å². The second kappa shape index (κ2) is 5.49. The van der Waals surface area contributed by atoms with Gasteiger partial charge in [-0.1, -0.05) is 19.9 Å². The van der Waals surface area contributed by atoms with Crippen molar-refractivity contribution in [3.63, 3.8) is 0 Å². The molecule has 0 aliphatic carbocycles. The van der Waals surface area contributed by atoms with Crippen molar-refractivity contribution < 1.29 is 4.39 Å². The highest BCUT2D eigenvalue weighted by Gasteiger charge is 2.30. The van der Waals surface area contributed by atoms with E-state index in [1.54, 1.807) is 6.07 Å². The van der Waals surface area contributed by atoms with Crippen LogP contribution in [-0.2, 0) is 0 Å². The predicted molar refractivity (Wildman–Crippen MR) is 78.8 cm³/mol. The summed E-state index contributed by atoms with van der Waals surface area (Å²) in [5.41, 5.74) is 7.37. The average Bonchev–Trinajstić information content (AvgIpc) is 2.33. The minimum atomic E-state index is -0.150. The molecule has 2 nitrogen and oxygen atoms in total. The molecule has 4 atom stereocenters. The fraction of sp³-hybridized carbons (Fsp3) is 0.625. The predicted octanol–water partition coefficient (Wildman–Crippen LogP) is 3.72. The zero-order valence-electron chi connectivity index (χ0n) is 12.4. The van der Waals surface area contributed by atoms with Crippen molar-refractivity contribution in [2.45, 2.75) is 46.2 Å². The van der Waals surface area contributed by atoms with Gasteiger partial charge in [0, 0.05) is 18.6 Å². The molecule has 1 aromatic carbocycles. The van der Waals surface area contributed by atoms with Crippen molar-refractivity contribution in [3.8, 4) is 0 Å². The molecule has 1 aromatic rings. The fourth-order valence-corrected chi connectivity index (χ4v) is 3.07. The number of hydrogen-bond acceptors (Lipinski definition) is 2. The molecule has 0 spiro atoms. The molecule has 2 rings (SSSR count). The third-order valence-corrected chi connectivity index (χ3v) is 4.40. The smallest absolute Gasteiger partial charge is 0.146 e. The number of anilines is 1. The largest absolute Gasteiger partial charge is 0.366 e. The van der Waals surface area contributed by atoms with E-state index >= 15 is 0 Å². The normalized spacial score (nSPS) is 29.4. The molecule has 1 saturated heterocycles. The van der Waals surface area contributed by atoms with Gasteiger partial charge < -0.3 is 10.6 Å². The average molecular weight is 264 g/mol. The Labute approximate surface area is 115 Å². The highest BCUT2D eigenvalue weighted by atomic mass is 19.1. The highest BCUT2D eigenvalue weighted by molar-refractivity contribution is 5.51. The zero-order valence-corrected chi connectivity index (χ0v) is 12.4. The lowest BCUT2D eigenvalue weighted by Gasteiger charge is -2.42. The number of rotatable bonds is 2. The Bertz CT molecular complexity index is 444. The fourth-order valence-electron chi connectivity index (χ4n) is 3.07. The third kappa shape index (κ3) is 2.92. The lowest BCUT2D eigenvalue weighted by atomic mass is 9.85. The molecule has 1 aliphatic rings. The van der Waals surface area contributed by atoms with Crippen LogP contribution in [0, 0.1) is 17.7 Å². The molecule has 2 N–H and O–H groups in total. The van der Waals surface area contributed by atoms with E-state index in [-0.39, 0.29) is 11.9 Å². The molecular formula is C16H25FN2. The molecule has 1 heterocycles. The summed E-state index contributed by atoms with van der Waals surface area (Å²) in [7, 11) is 0. The van der Waals surface area contributed by atoms with Crippen molar-refractivity contribution in [2.24, 2.45) is 17.6 Å². The molecule has 4 unspecified atom stereocenters. The van der Waals surface area contributed by atoms with Gasteiger partial charge in [-0.2, -0.15) is 0 Å². The molecule has 1 fully saturated rings. The molecule has 106 valence electrons. The van der Waals surface area contributed by atoms with E-state index in [2.05, 4.69) is 25.7 Å². The zero-order chi connectivity index (χ0) is 14.2. The van der Waals surface area contributed by atoms with E-state index in [0.717, 1.165) is 17.8 Å². The van der Waals surface area contributed by atoms with Crippen LogP contribution in [0.1, 0.15) is 45.7 Å². The van der Waals surface area contributed by atoms with Gasteiger partial charge in [-0.25, -0.2) is 4.39 Å².